The van der Waals surface area contributed by atoms with Crippen molar-refractivity contribution in [1.29, 1.82) is 0 Å². The number of imidazole rings is 1. The minimum absolute atomic E-state index is 0.281. The Labute approximate surface area is 128 Å². The molecule has 20 heavy (non-hydrogen) atoms. The van der Waals surface area contributed by atoms with Crippen LogP contribution in [0.15, 0.2) is 34.9 Å². The van der Waals surface area contributed by atoms with Gasteiger partial charge in [0.2, 0.25) is 5.95 Å². The summed E-state index contributed by atoms with van der Waals surface area (Å²) in [6.45, 7) is 2.96. The molecule has 0 aliphatic carbocycles. The fourth-order valence-electron chi connectivity index (χ4n) is 2.21. The molecule has 1 heterocycles. The van der Waals surface area contributed by atoms with Gasteiger partial charge in [0, 0.05) is 38.2 Å². The van der Waals surface area contributed by atoms with Crippen LogP contribution < -0.4 is 10.2 Å². The number of halogens is 1. The van der Waals surface area contributed by atoms with Crippen LogP contribution in [-0.4, -0.2) is 23.6 Å². The van der Waals surface area contributed by atoms with Crippen LogP contribution in [-0.2, 0) is 13.6 Å². The summed E-state index contributed by atoms with van der Waals surface area (Å²) in [5, 5.41) is 3.54. The lowest BCUT2D eigenvalue weighted by atomic mass is 10.1. The van der Waals surface area contributed by atoms with Gasteiger partial charge in [-0.15, -0.1) is 0 Å². The third-order valence-electron chi connectivity index (χ3n) is 3.42. The Bertz CT molecular complexity index is 577. The molecular weight excluding hydrogens is 316 g/mol. The van der Waals surface area contributed by atoms with Gasteiger partial charge in [0.1, 0.15) is 0 Å². The Hall–Kier alpha value is -1.33. The summed E-state index contributed by atoms with van der Waals surface area (Å²) < 4.78 is 3.25. The molecule has 0 amide bonds. The van der Waals surface area contributed by atoms with Crippen LogP contribution in [0.1, 0.15) is 24.2 Å². The first-order valence-corrected chi connectivity index (χ1v) is 7.45. The van der Waals surface area contributed by atoms with E-state index in [4.69, 9.17) is 0 Å². The molecule has 0 spiro atoms. The van der Waals surface area contributed by atoms with E-state index in [9.17, 15) is 0 Å². The molecule has 0 aliphatic rings. The summed E-state index contributed by atoms with van der Waals surface area (Å²) in [7, 11) is 6.05. The van der Waals surface area contributed by atoms with Gasteiger partial charge in [-0.3, -0.25) is 0 Å². The molecule has 0 fully saturated rings. The fourth-order valence-corrected chi connectivity index (χ4v) is 2.84. The average molecular weight is 337 g/mol. The topological polar surface area (TPSA) is 33.1 Å². The lowest BCUT2D eigenvalue weighted by Gasteiger charge is -2.17. The Morgan fingerprint density at radius 1 is 1.35 bits per heavy atom. The SMILES string of the molecule is CC(NCc1cnc(N(C)C)n1C)c1ccccc1Br. The molecule has 5 heteroatoms. The number of anilines is 1. The van der Waals surface area contributed by atoms with Gasteiger partial charge >= 0.3 is 0 Å². The van der Waals surface area contributed by atoms with Crippen molar-refractivity contribution in [3.63, 3.8) is 0 Å². The van der Waals surface area contributed by atoms with Crippen molar-refractivity contribution in [3.8, 4) is 0 Å². The predicted molar refractivity (Wildman–Crippen MR) is 86.9 cm³/mol. The first kappa shape index (κ1) is 15.1. The number of hydrogen-bond donors (Lipinski definition) is 1. The molecule has 108 valence electrons. The summed E-state index contributed by atoms with van der Waals surface area (Å²) in [5.41, 5.74) is 2.44. The number of nitrogens with zero attached hydrogens (tertiary/aromatic N) is 3. The summed E-state index contributed by atoms with van der Waals surface area (Å²) >= 11 is 3.60. The first-order chi connectivity index (χ1) is 9.50. The van der Waals surface area contributed by atoms with Gasteiger partial charge < -0.3 is 14.8 Å². The largest absolute Gasteiger partial charge is 0.348 e. The summed E-state index contributed by atoms with van der Waals surface area (Å²) in [5.74, 6) is 0.968. The molecule has 1 unspecified atom stereocenters. The van der Waals surface area contributed by atoms with Crippen LogP contribution in [0.25, 0.3) is 0 Å². The summed E-state index contributed by atoms with van der Waals surface area (Å²) in [4.78, 5) is 6.44. The van der Waals surface area contributed by atoms with Gasteiger partial charge in [0.15, 0.2) is 0 Å². The quantitative estimate of drug-likeness (QED) is 0.910. The van der Waals surface area contributed by atoms with Crippen LogP contribution >= 0.6 is 15.9 Å². The average Bonchev–Trinajstić information content (AvgIpc) is 2.78. The van der Waals surface area contributed by atoms with E-state index < -0.39 is 0 Å². The summed E-state index contributed by atoms with van der Waals surface area (Å²) in [6.07, 6.45) is 1.93. The van der Waals surface area contributed by atoms with Gasteiger partial charge in [-0.05, 0) is 18.6 Å². The molecule has 0 bridgehead atoms. The highest BCUT2D eigenvalue weighted by Gasteiger charge is 2.11. The molecule has 0 radical (unpaired) electrons. The van der Waals surface area contributed by atoms with Crippen LogP contribution in [0.4, 0.5) is 5.95 Å². The van der Waals surface area contributed by atoms with Gasteiger partial charge in [-0.1, -0.05) is 34.1 Å². The number of hydrogen-bond acceptors (Lipinski definition) is 3. The van der Waals surface area contributed by atoms with Crippen molar-refractivity contribution in [1.82, 2.24) is 14.9 Å². The van der Waals surface area contributed by atoms with Crippen molar-refractivity contribution < 1.29 is 0 Å². The molecule has 1 N–H and O–H groups in total. The van der Waals surface area contributed by atoms with E-state index in [0.717, 1.165) is 17.0 Å². The third-order valence-corrected chi connectivity index (χ3v) is 4.14. The highest BCUT2D eigenvalue weighted by molar-refractivity contribution is 9.10. The van der Waals surface area contributed by atoms with Crippen LogP contribution in [0.2, 0.25) is 0 Å². The van der Waals surface area contributed by atoms with Gasteiger partial charge in [0.25, 0.3) is 0 Å². The number of aromatic nitrogens is 2. The monoisotopic (exact) mass is 336 g/mol. The first-order valence-electron chi connectivity index (χ1n) is 6.66. The van der Waals surface area contributed by atoms with Gasteiger partial charge in [-0.2, -0.15) is 0 Å². The molecular formula is C15H21BrN4. The molecule has 4 nitrogen and oxygen atoms in total. The maximum Gasteiger partial charge on any atom is 0.204 e. The van der Waals surface area contributed by atoms with Crippen molar-refractivity contribution in [3.05, 3.63) is 46.2 Å². The molecule has 1 atom stereocenters. The minimum atomic E-state index is 0.281. The predicted octanol–water partition coefficient (Wildman–Crippen LogP) is 3.10. The Balaban J connectivity index is 2.04. The van der Waals surface area contributed by atoms with Crippen molar-refractivity contribution >= 4 is 21.9 Å². The Kier molecular flexibility index (Phi) is 4.83. The fraction of sp³-hybridized carbons (Fsp3) is 0.400. The van der Waals surface area contributed by atoms with Crippen molar-refractivity contribution in [2.75, 3.05) is 19.0 Å². The van der Waals surface area contributed by atoms with Crippen LogP contribution in [0.5, 0.6) is 0 Å². The van der Waals surface area contributed by atoms with Gasteiger partial charge in [0.05, 0.1) is 11.9 Å². The second-order valence-electron chi connectivity index (χ2n) is 5.13. The van der Waals surface area contributed by atoms with Crippen LogP contribution in [0, 0.1) is 0 Å². The molecule has 1 aromatic heterocycles. The highest BCUT2D eigenvalue weighted by Crippen LogP contribution is 2.23. The van der Waals surface area contributed by atoms with E-state index in [1.54, 1.807) is 0 Å². The minimum Gasteiger partial charge on any atom is -0.348 e. The Morgan fingerprint density at radius 2 is 2.05 bits per heavy atom. The van der Waals surface area contributed by atoms with Crippen molar-refractivity contribution in [2.24, 2.45) is 7.05 Å². The smallest absolute Gasteiger partial charge is 0.204 e. The van der Waals surface area contributed by atoms with E-state index in [-0.39, 0.29) is 6.04 Å². The van der Waals surface area contributed by atoms with E-state index in [0.29, 0.717) is 0 Å². The maximum atomic E-state index is 4.42. The normalized spacial score (nSPS) is 12.4. The number of nitrogens with one attached hydrogen (secondary N) is 1. The van der Waals surface area contributed by atoms with Gasteiger partial charge in [-0.25, -0.2) is 4.98 Å². The zero-order valence-corrected chi connectivity index (χ0v) is 14.0. The maximum absolute atomic E-state index is 4.42. The zero-order valence-electron chi connectivity index (χ0n) is 12.4. The lowest BCUT2D eigenvalue weighted by molar-refractivity contribution is 0.556. The van der Waals surface area contributed by atoms with E-state index in [2.05, 4.69) is 55.9 Å². The lowest BCUT2D eigenvalue weighted by Crippen LogP contribution is -2.21. The second-order valence-corrected chi connectivity index (χ2v) is 5.98. The molecule has 0 saturated carbocycles. The second kappa shape index (κ2) is 6.41. The standard InChI is InChI=1S/C15H21BrN4/c1-11(13-7-5-6-8-14(13)16)17-9-12-10-18-15(19(2)3)20(12)4/h5-8,10-11,17H,9H2,1-4H3. The van der Waals surface area contributed by atoms with E-state index >= 15 is 0 Å². The zero-order chi connectivity index (χ0) is 14.7. The molecule has 2 rings (SSSR count). The molecule has 0 aliphatic heterocycles. The molecule has 2 aromatic rings. The van der Waals surface area contributed by atoms with Crippen molar-refractivity contribution in [2.45, 2.75) is 19.5 Å². The summed E-state index contributed by atoms with van der Waals surface area (Å²) in [6, 6.07) is 8.58. The van der Waals surface area contributed by atoms with E-state index in [1.165, 1.54) is 11.3 Å². The molecule has 0 saturated heterocycles. The number of benzene rings is 1. The molecule has 1 aromatic carbocycles. The highest BCUT2D eigenvalue weighted by atomic mass is 79.9. The third kappa shape index (κ3) is 3.22. The number of rotatable bonds is 5. The Morgan fingerprint density at radius 3 is 2.65 bits per heavy atom. The van der Waals surface area contributed by atoms with E-state index in [1.807, 2.05) is 38.3 Å². The van der Waals surface area contributed by atoms with Crippen LogP contribution in [0.3, 0.4) is 0 Å².